The first-order chi connectivity index (χ1) is 12.9. The van der Waals surface area contributed by atoms with Crippen molar-refractivity contribution >= 4 is 51.3 Å². The van der Waals surface area contributed by atoms with E-state index in [1.165, 1.54) is 11.3 Å². The molecule has 1 N–H and O–H groups in total. The van der Waals surface area contributed by atoms with Gasteiger partial charge >= 0.3 is 0 Å². The van der Waals surface area contributed by atoms with E-state index in [1.807, 2.05) is 13.8 Å². The summed E-state index contributed by atoms with van der Waals surface area (Å²) < 4.78 is 4.97. The van der Waals surface area contributed by atoms with E-state index in [2.05, 4.69) is 27.4 Å². The van der Waals surface area contributed by atoms with E-state index in [1.54, 1.807) is 30.8 Å². The average Bonchev–Trinajstić information content (AvgIpc) is 3.19. The van der Waals surface area contributed by atoms with E-state index in [0.717, 1.165) is 26.0 Å². The molecule has 0 radical (unpaired) electrons. The van der Waals surface area contributed by atoms with Crippen LogP contribution in [-0.4, -0.2) is 55.8 Å². The normalized spacial score (nSPS) is 18.9. The zero-order chi connectivity index (χ0) is 19.6. The van der Waals surface area contributed by atoms with Gasteiger partial charge in [0.1, 0.15) is 23.4 Å². The topological polar surface area (TPSA) is 83.4 Å². The number of carbonyl (C=O) groups is 2. The number of thiophene rings is 1. The van der Waals surface area contributed by atoms with Gasteiger partial charge < -0.3 is 15.0 Å². The Bertz CT molecular complexity index is 908. The largest absolute Gasteiger partial charge is 0.372 e. The minimum Gasteiger partial charge on any atom is -0.372 e. The van der Waals surface area contributed by atoms with Crippen LogP contribution < -0.4 is 10.2 Å². The number of hydrogen-bond donors (Lipinski definition) is 1. The predicted octanol–water partition coefficient (Wildman–Crippen LogP) is 1.83. The lowest BCUT2D eigenvalue weighted by molar-refractivity contribution is -0.123. The zero-order valence-electron chi connectivity index (χ0n) is 15.6. The number of rotatable bonds is 3. The highest BCUT2D eigenvalue weighted by atomic mass is 32.2. The van der Waals surface area contributed by atoms with Crippen molar-refractivity contribution in [2.24, 2.45) is 10.2 Å². The third-order valence-corrected chi connectivity index (χ3v) is 6.85. The third-order valence-electron chi connectivity index (χ3n) is 4.15. The second-order valence-electron chi connectivity index (χ2n) is 6.22. The van der Waals surface area contributed by atoms with Crippen molar-refractivity contribution in [3.05, 3.63) is 10.4 Å². The van der Waals surface area contributed by atoms with Crippen molar-refractivity contribution in [2.45, 2.75) is 31.2 Å². The van der Waals surface area contributed by atoms with Gasteiger partial charge in [-0.2, -0.15) is 5.10 Å². The van der Waals surface area contributed by atoms with Crippen LogP contribution in [0.1, 0.15) is 23.8 Å². The third kappa shape index (κ3) is 4.08. The van der Waals surface area contributed by atoms with Crippen LogP contribution in [0.4, 0.5) is 5.00 Å². The number of likely N-dealkylation sites (N-methyl/N-ethyl adjacent to an activating group) is 1. The highest BCUT2D eigenvalue weighted by Crippen LogP contribution is 2.43. The molecule has 9 heteroatoms. The number of nitrogens with zero attached hydrogens (tertiary/aromatic N) is 3. The summed E-state index contributed by atoms with van der Waals surface area (Å²) in [6, 6.07) is -0.613. The summed E-state index contributed by atoms with van der Waals surface area (Å²) in [5, 5.41) is 11.4. The van der Waals surface area contributed by atoms with Gasteiger partial charge in [-0.15, -0.1) is 28.2 Å². The Hall–Kier alpha value is -2.15. The zero-order valence-corrected chi connectivity index (χ0v) is 17.2. The highest BCUT2D eigenvalue weighted by molar-refractivity contribution is 7.99. The number of carbonyl (C=O) groups excluding carboxylic acids is 2. The lowest BCUT2D eigenvalue weighted by atomic mass is 10.2. The van der Waals surface area contributed by atoms with Gasteiger partial charge in [-0.3, -0.25) is 9.59 Å². The van der Waals surface area contributed by atoms with Gasteiger partial charge in [0.2, 0.25) is 0 Å². The number of methoxy groups -OCH3 is 1. The maximum Gasteiger partial charge on any atom is 0.268 e. The smallest absolute Gasteiger partial charge is 0.268 e. The fraction of sp³-hybridized carbons (Fsp3) is 0.444. The summed E-state index contributed by atoms with van der Waals surface area (Å²) in [4.78, 5) is 28.8. The number of amides is 2. The second-order valence-corrected chi connectivity index (χ2v) is 8.25. The average molecular weight is 405 g/mol. The summed E-state index contributed by atoms with van der Waals surface area (Å²) in [6.07, 6.45) is 0.422. The van der Waals surface area contributed by atoms with Crippen molar-refractivity contribution in [3.63, 3.8) is 0 Å². The van der Waals surface area contributed by atoms with Crippen LogP contribution in [-0.2, 0) is 14.3 Å². The Balaban J connectivity index is 1.76. The molecule has 2 aliphatic heterocycles. The molecular formula is C18H20N4O3S2. The molecule has 0 bridgehead atoms. The van der Waals surface area contributed by atoms with Crippen LogP contribution in [0.2, 0.25) is 0 Å². The predicted molar refractivity (Wildman–Crippen MR) is 109 cm³/mol. The summed E-state index contributed by atoms with van der Waals surface area (Å²) in [6.45, 7) is 4.19. The van der Waals surface area contributed by atoms with Crippen molar-refractivity contribution in [3.8, 4) is 11.8 Å². The molecule has 7 nitrogen and oxygen atoms in total. The van der Waals surface area contributed by atoms with Gasteiger partial charge in [-0.25, -0.2) is 0 Å². The number of anilines is 1. The molecular weight excluding hydrogens is 384 g/mol. The molecule has 1 atom stereocenters. The van der Waals surface area contributed by atoms with Gasteiger partial charge in [0.15, 0.2) is 0 Å². The molecule has 0 saturated carbocycles. The molecule has 2 aliphatic rings. The number of nitrogens with one attached hydrogen (secondary N) is 1. The van der Waals surface area contributed by atoms with E-state index in [4.69, 9.17) is 4.74 Å². The molecule has 0 aromatic carbocycles. The molecule has 2 amide bonds. The van der Waals surface area contributed by atoms with Crippen LogP contribution >= 0.6 is 23.1 Å². The summed E-state index contributed by atoms with van der Waals surface area (Å²) in [5.74, 6) is 6.03. The van der Waals surface area contributed by atoms with Crippen LogP contribution in [0.25, 0.3) is 0 Å². The van der Waals surface area contributed by atoms with Gasteiger partial charge in [-0.1, -0.05) is 11.8 Å². The standard InChI is InChI=1S/C18H20N4O3S2/c1-10-8-12(21-20-10)16(23)19-13-9-26-15-11(2)14(6-5-7-25-4)27-18(15)22(3)17(13)24/h13H,7-9H2,1-4H3,(H,19,23)/t13-/m0/s1. The number of thioether (sulfide) groups is 1. The van der Waals surface area contributed by atoms with Crippen molar-refractivity contribution in [2.75, 3.05) is 31.4 Å². The van der Waals surface area contributed by atoms with Crippen molar-refractivity contribution < 1.29 is 14.3 Å². The van der Waals surface area contributed by atoms with Crippen LogP contribution in [0, 0.1) is 18.8 Å². The fourth-order valence-electron chi connectivity index (χ4n) is 2.68. The minimum absolute atomic E-state index is 0.150. The quantitative estimate of drug-likeness (QED) is 0.779. The summed E-state index contributed by atoms with van der Waals surface area (Å²) in [7, 11) is 3.33. The Morgan fingerprint density at radius 3 is 2.85 bits per heavy atom. The second kappa shape index (κ2) is 8.25. The van der Waals surface area contributed by atoms with Gasteiger partial charge in [0.05, 0.1) is 4.88 Å². The molecule has 142 valence electrons. The van der Waals surface area contributed by atoms with E-state index >= 15 is 0 Å². The molecule has 27 heavy (non-hydrogen) atoms. The van der Waals surface area contributed by atoms with E-state index in [0.29, 0.717) is 24.5 Å². The van der Waals surface area contributed by atoms with E-state index in [9.17, 15) is 9.59 Å². The molecule has 0 spiro atoms. The van der Waals surface area contributed by atoms with Gasteiger partial charge in [0, 0.05) is 36.9 Å². The van der Waals surface area contributed by atoms with Crippen LogP contribution in [0.15, 0.2) is 15.1 Å². The van der Waals surface area contributed by atoms with Gasteiger partial charge in [-0.05, 0) is 19.4 Å². The van der Waals surface area contributed by atoms with Crippen molar-refractivity contribution in [1.29, 1.82) is 0 Å². The molecule has 3 rings (SSSR count). The van der Waals surface area contributed by atoms with E-state index < -0.39 is 6.04 Å². The molecule has 0 unspecified atom stereocenters. The Morgan fingerprint density at radius 2 is 2.19 bits per heavy atom. The maximum absolute atomic E-state index is 12.9. The van der Waals surface area contributed by atoms with Gasteiger partial charge in [0.25, 0.3) is 11.8 Å². The number of ether oxygens (including phenoxy) is 1. The van der Waals surface area contributed by atoms with Crippen molar-refractivity contribution in [1.82, 2.24) is 5.32 Å². The van der Waals surface area contributed by atoms with E-state index in [-0.39, 0.29) is 11.8 Å². The fourth-order valence-corrected chi connectivity index (χ4v) is 5.23. The summed E-state index contributed by atoms with van der Waals surface area (Å²) >= 11 is 3.05. The lowest BCUT2D eigenvalue weighted by Crippen LogP contribution is -2.49. The lowest BCUT2D eigenvalue weighted by Gasteiger charge is -2.20. The Kier molecular flexibility index (Phi) is 5.99. The Labute approximate surface area is 166 Å². The number of hydrogen-bond acceptors (Lipinski definition) is 7. The molecule has 0 saturated heterocycles. The highest BCUT2D eigenvalue weighted by Gasteiger charge is 2.33. The van der Waals surface area contributed by atoms with Crippen LogP contribution in [0.5, 0.6) is 0 Å². The summed E-state index contributed by atoms with van der Waals surface area (Å²) in [5.41, 5.74) is 2.19. The molecule has 0 fully saturated rings. The maximum atomic E-state index is 12.9. The molecule has 3 heterocycles. The molecule has 1 aromatic rings. The first kappa shape index (κ1) is 19.6. The Morgan fingerprint density at radius 1 is 1.41 bits per heavy atom. The monoisotopic (exact) mass is 404 g/mol. The molecule has 1 aromatic heterocycles. The number of fused-ring (bicyclic) bond motifs is 1. The van der Waals surface area contributed by atoms with Crippen LogP contribution in [0.3, 0.4) is 0 Å². The minimum atomic E-state index is -0.613. The first-order valence-electron chi connectivity index (χ1n) is 8.34. The first-order valence-corrected chi connectivity index (χ1v) is 10.1. The molecule has 0 aliphatic carbocycles. The SMILES string of the molecule is COCC#Cc1sc2c(c1C)SC[C@H](NC(=O)C1=NN=C(C)C1)C(=O)N2C.